The van der Waals surface area contributed by atoms with E-state index in [2.05, 4.69) is 0 Å². The van der Waals surface area contributed by atoms with Gasteiger partial charge in [-0.1, -0.05) is 6.07 Å². The van der Waals surface area contributed by atoms with Gasteiger partial charge in [0.15, 0.2) is 0 Å². The molecule has 1 aromatic carbocycles. The molecule has 132 valence electrons. The van der Waals surface area contributed by atoms with Crippen molar-refractivity contribution in [3.63, 3.8) is 0 Å². The summed E-state index contributed by atoms with van der Waals surface area (Å²) in [5.41, 5.74) is 0.206. The normalized spacial score (nSPS) is 15.9. The second kappa shape index (κ2) is 7.73. The van der Waals surface area contributed by atoms with Crippen molar-refractivity contribution in [3.8, 4) is 0 Å². The maximum Gasteiger partial charge on any atom is 0.305 e. The molecule has 0 unspecified atom stereocenters. The molecule has 9 heteroatoms. The second-order valence-corrected chi connectivity index (χ2v) is 7.35. The van der Waals surface area contributed by atoms with Gasteiger partial charge in [-0.3, -0.25) is 9.59 Å². The maximum absolute atomic E-state index is 12.6. The molecular formula is C15H20N2O6S. The van der Waals surface area contributed by atoms with Crippen LogP contribution in [0, 0.1) is 0 Å². The summed E-state index contributed by atoms with van der Waals surface area (Å²) < 4.78 is 31.7. The van der Waals surface area contributed by atoms with E-state index in [9.17, 15) is 18.0 Å². The fourth-order valence-corrected chi connectivity index (χ4v) is 3.77. The Morgan fingerprint density at radius 1 is 1.29 bits per heavy atom. The number of morpholine rings is 1. The van der Waals surface area contributed by atoms with E-state index in [0.29, 0.717) is 13.2 Å². The highest BCUT2D eigenvalue weighted by atomic mass is 32.2. The number of benzene rings is 1. The SMILES string of the molecule is CN(CCC(=O)O)C(=O)c1cccc(S(=O)(=O)N2CCOCC2)c1. The van der Waals surface area contributed by atoms with Crippen LogP contribution in [0.2, 0.25) is 0 Å². The molecule has 0 spiro atoms. The van der Waals surface area contributed by atoms with Gasteiger partial charge in [0.1, 0.15) is 0 Å². The third-order valence-electron chi connectivity index (χ3n) is 3.70. The summed E-state index contributed by atoms with van der Waals surface area (Å²) in [7, 11) is -2.20. The predicted octanol–water partition coefficient (Wildman–Crippen LogP) is 0.254. The molecule has 1 N–H and O–H groups in total. The Morgan fingerprint density at radius 3 is 2.58 bits per heavy atom. The highest BCUT2D eigenvalue weighted by Gasteiger charge is 2.27. The Bertz CT molecular complexity index is 712. The third-order valence-corrected chi connectivity index (χ3v) is 5.59. The van der Waals surface area contributed by atoms with Gasteiger partial charge < -0.3 is 14.7 Å². The van der Waals surface area contributed by atoms with Crippen molar-refractivity contribution < 1.29 is 27.9 Å². The van der Waals surface area contributed by atoms with Crippen LogP contribution in [0.1, 0.15) is 16.8 Å². The van der Waals surface area contributed by atoms with E-state index in [4.69, 9.17) is 9.84 Å². The van der Waals surface area contributed by atoms with E-state index in [0.717, 1.165) is 0 Å². The van der Waals surface area contributed by atoms with Gasteiger partial charge in [0.2, 0.25) is 10.0 Å². The number of rotatable bonds is 6. The number of carboxylic acids is 1. The molecule has 1 heterocycles. The van der Waals surface area contributed by atoms with Gasteiger partial charge in [-0.2, -0.15) is 4.31 Å². The molecule has 1 aliphatic rings. The van der Waals surface area contributed by atoms with Crippen molar-refractivity contribution in [1.82, 2.24) is 9.21 Å². The van der Waals surface area contributed by atoms with Crippen molar-refractivity contribution in [1.29, 1.82) is 0 Å². The first-order chi connectivity index (χ1) is 11.3. The lowest BCUT2D eigenvalue weighted by atomic mass is 10.2. The Hall–Kier alpha value is -1.97. The van der Waals surface area contributed by atoms with Gasteiger partial charge in [-0.15, -0.1) is 0 Å². The predicted molar refractivity (Wildman–Crippen MR) is 85.2 cm³/mol. The molecule has 24 heavy (non-hydrogen) atoms. The van der Waals surface area contributed by atoms with E-state index in [1.54, 1.807) is 0 Å². The van der Waals surface area contributed by atoms with Crippen molar-refractivity contribution in [2.75, 3.05) is 39.9 Å². The largest absolute Gasteiger partial charge is 0.481 e. The summed E-state index contributed by atoms with van der Waals surface area (Å²) >= 11 is 0. The smallest absolute Gasteiger partial charge is 0.305 e. The number of nitrogens with zero attached hydrogens (tertiary/aromatic N) is 2. The van der Waals surface area contributed by atoms with Crippen LogP contribution in [0.4, 0.5) is 0 Å². The molecule has 1 amide bonds. The molecule has 1 saturated heterocycles. The van der Waals surface area contributed by atoms with Crippen LogP contribution in [0.25, 0.3) is 0 Å². The van der Waals surface area contributed by atoms with E-state index < -0.39 is 21.9 Å². The molecule has 0 saturated carbocycles. The molecule has 1 aliphatic heterocycles. The Balaban J connectivity index is 2.18. The number of aliphatic carboxylic acids is 1. The van der Waals surface area contributed by atoms with Crippen molar-refractivity contribution in [2.24, 2.45) is 0 Å². The van der Waals surface area contributed by atoms with E-state index in [-0.39, 0.29) is 36.5 Å². The number of ether oxygens (including phenoxy) is 1. The fourth-order valence-electron chi connectivity index (χ4n) is 2.31. The van der Waals surface area contributed by atoms with Crippen LogP contribution < -0.4 is 0 Å². The Labute approximate surface area is 140 Å². The minimum atomic E-state index is -3.68. The number of carboxylic acid groups (broad SMARTS) is 1. The standard InChI is InChI=1S/C15H20N2O6S/c1-16(6-5-14(18)19)15(20)12-3-2-4-13(11-12)24(21,22)17-7-9-23-10-8-17/h2-4,11H,5-10H2,1H3,(H,18,19). The number of sulfonamides is 1. The number of hydrogen-bond donors (Lipinski definition) is 1. The summed E-state index contributed by atoms with van der Waals surface area (Å²) in [4.78, 5) is 24.2. The molecule has 0 bridgehead atoms. The summed E-state index contributed by atoms with van der Waals surface area (Å²) in [6.07, 6.45) is -0.173. The zero-order chi connectivity index (χ0) is 17.7. The van der Waals surface area contributed by atoms with Crippen LogP contribution in [-0.4, -0.2) is 74.5 Å². The minimum absolute atomic E-state index is 0.0434. The first-order valence-corrected chi connectivity index (χ1v) is 8.91. The molecule has 0 radical (unpaired) electrons. The number of amides is 1. The van der Waals surface area contributed by atoms with Gasteiger partial charge in [-0.25, -0.2) is 8.42 Å². The van der Waals surface area contributed by atoms with Gasteiger partial charge in [0, 0.05) is 32.2 Å². The topological polar surface area (TPSA) is 104 Å². The van der Waals surface area contributed by atoms with Crippen molar-refractivity contribution in [3.05, 3.63) is 29.8 Å². The quantitative estimate of drug-likeness (QED) is 0.784. The number of carbonyl (C=O) groups is 2. The van der Waals surface area contributed by atoms with Crippen LogP contribution in [0.5, 0.6) is 0 Å². The van der Waals surface area contributed by atoms with Crippen LogP contribution >= 0.6 is 0 Å². The molecular weight excluding hydrogens is 336 g/mol. The average Bonchev–Trinajstić information content (AvgIpc) is 2.59. The van der Waals surface area contributed by atoms with Crippen molar-refractivity contribution >= 4 is 21.9 Å². The molecule has 2 rings (SSSR count). The molecule has 0 aliphatic carbocycles. The Morgan fingerprint density at radius 2 is 1.96 bits per heavy atom. The summed E-state index contributed by atoms with van der Waals surface area (Å²) in [5, 5.41) is 8.68. The third kappa shape index (κ3) is 4.31. The first-order valence-electron chi connectivity index (χ1n) is 7.47. The molecule has 8 nitrogen and oxygen atoms in total. The number of hydrogen-bond acceptors (Lipinski definition) is 5. The summed E-state index contributed by atoms with van der Waals surface area (Å²) in [5.74, 6) is -1.42. The monoisotopic (exact) mass is 356 g/mol. The summed E-state index contributed by atoms with van der Waals surface area (Å²) in [6, 6.07) is 5.78. The maximum atomic E-state index is 12.6. The van der Waals surface area contributed by atoms with Crippen LogP contribution in [0.15, 0.2) is 29.2 Å². The zero-order valence-electron chi connectivity index (χ0n) is 13.3. The lowest BCUT2D eigenvalue weighted by Gasteiger charge is -2.26. The molecule has 1 fully saturated rings. The van der Waals surface area contributed by atoms with E-state index >= 15 is 0 Å². The van der Waals surface area contributed by atoms with Crippen LogP contribution in [0.3, 0.4) is 0 Å². The second-order valence-electron chi connectivity index (χ2n) is 5.41. The van der Waals surface area contributed by atoms with E-state index in [1.807, 2.05) is 0 Å². The van der Waals surface area contributed by atoms with E-state index in [1.165, 1.54) is 40.5 Å². The summed E-state index contributed by atoms with van der Waals surface area (Å²) in [6.45, 7) is 1.29. The lowest BCUT2D eigenvalue weighted by Crippen LogP contribution is -2.40. The number of carbonyl (C=O) groups excluding carboxylic acids is 1. The average molecular weight is 356 g/mol. The van der Waals surface area contributed by atoms with Crippen molar-refractivity contribution in [2.45, 2.75) is 11.3 Å². The Kier molecular flexibility index (Phi) is 5.92. The molecule has 0 atom stereocenters. The zero-order valence-corrected chi connectivity index (χ0v) is 14.2. The van der Waals surface area contributed by atoms with Gasteiger partial charge >= 0.3 is 5.97 Å². The van der Waals surface area contributed by atoms with Gasteiger partial charge in [0.25, 0.3) is 5.91 Å². The fraction of sp³-hybridized carbons (Fsp3) is 0.467. The first kappa shape index (κ1) is 18.4. The minimum Gasteiger partial charge on any atom is -0.481 e. The van der Waals surface area contributed by atoms with Crippen LogP contribution in [-0.2, 0) is 19.6 Å². The molecule has 1 aromatic rings. The molecule has 0 aromatic heterocycles. The highest BCUT2D eigenvalue weighted by molar-refractivity contribution is 7.89. The lowest BCUT2D eigenvalue weighted by molar-refractivity contribution is -0.137. The van der Waals surface area contributed by atoms with Gasteiger partial charge in [-0.05, 0) is 18.2 Å². The van der Waals surface area contributed by atoms with Gasteiger partial charge in [0.05, 0.1) is 24.5 Å². The highest BCUT2D eigenvalue weighted by Crippen LogP contribution is 2.19.